The van der Waals surface area contributed by atoms with E-state index >= 15 is 0 Å². The van der Waals surface area contributed by atoms with E-state index in [9.17, 15) is 0 Å². The number of nitrogens with zero attached hydrogens (tertiary/aromatic N) is 2. The smallest absolute Gasteiger partial charge is 0.101 e. The Labute approximate surface area is 114 Å². The second-order valence-corrected chi connectivity index (χ2v) is 4.70. The van der Waals surface area contributed by atoms with Gasteiger partial charge >= 0.3 is 0 Å². The molecule has 2 aromatic rings. The van der Waals surface area contributed by atoms with Gasteiger partial charge in [0.1, 0.15) is 6.07 Å². The van der Waals surface area contributed by atoms with E-state index < -0.39 is 0 Å². The van der Waals surface area contributed by atoms with E-state index in [0.717, 1.165) is 5.56 Å². The van der Waals surface area contributed by atoms with Gasteiger partial charge in [-0.3, -0.25) is 4.99 Å². The molecule has 0 radical (unpaired) electrons. The predicted octanol–water partition coefficient (Wildman–Crippen LogP) is 4.23. The molecule has 0 spiro atoms. The molecule has 2 rings (SSSR count). The van der Waals surface area contributed by atoms with E-state index in [1.165, 1.54) is 16.7 Å². The van der Waals surface area contributed by atoms with Gasteiger partial charge in [-0.15, -0.1) is 0 Å². The van der Waals surface area contributed by atoms with Crippen molar-refractivity contribution in [3.8, 4) is 6.07 Å². The number of rotatable bonds is 2. The summed E-state index contributed by atoms with van der Waals surface area (Å²) in [4.78, 5) is 4.45. The zero-order valence-corrected chi connectivity index (χ0v) is 11.4. The summed E-state index contributed by atoms with van der Waals surface area (Å²) in [5.74, 6) is 0. The first kappa shape index (κ1) is 13.0. The zero-order chi connectivity index (χ0) is 13.8. The highest BCUT2D eigenvalue weighted by atomic mass is 14.7. The summed E-state index contributed by atoms with van der Waals surface area (Å²) in [6.07, 6.45) is 1.85. The maximum absolute atomic E-state index is 9.04. The van der Waals surface area contributed by atoms with E-state index in [1.54, 1.807) is 6.07 Å². The fourth-order valence-electron chi connectivity index (χ4n) is 2.21. The molecule has 0 aliphatic heterocycles. The summed E-state index contributed by atoms with van der Waals surface area (Å²) in [6, 6.07) is 13.8. The van der Waals surface area contributed by atoms with Crippen molar-refractivity contribution in [3.05, 3.63) is 64.2 Å². The van der Waals surface area contributed by atoms with Crippen LogP contribution in [0.1, 0.15) is 27.8 Å². The Morgan fingerprint density at radius 1 is 1.05 bits per heavy atom. The van der Waals surface area contributed by atoms with Crippen molar-refractivity contribution in [2.24, 2.45) is 4.99 Å². The third-order valence-electron chi connectivity index (χ3n) is 3.10. The van der Waals surface area contributed by atoms with Crippen molar-refractivity contribution >= 4 is 11.9 Å². The minimum absolute atomic E-state index is 0.598. The molecule has 0 aromatic heterocycles. The van der Waals surface area contributed by atoms with Gasteiger partial charge in [-0.2, -0.15) is 5.26 Å². The van der Waals surface area contributed by atoms with Crippen LogP contribution in [0.15, 0.2) is 41.4 Å². The molecule has 0 aliphatic rings. The number of nitriles is 1. The van der Waals surface area contributed by atoms with Crippen molar-refractivity contribution in [1.29, 1.82) is 5.26 Å². The molecule has 2 nitrogen and oxygen atoms in total. The summed E-state index contributed by atoms with van der Waals surface area (Å²) >= 11 is 0. The standard InChI is InChI=1S/C17H16N2/c1-12-8-13(2)16(14(3)9-12)11-19-17-7-5-4-6-15(17)10-18/h4-9,11H,1-3H3. The fourth-order valence-corrected chi connectivity index (χ4v) is 2.21. The Morgan fingerprint density at radius 2 is 1.68 bits per heavy atom. The Morgan fingerprint density at radius 3 is 2.32 bits per heavy atom. The van der Waals surface area contributed by atoms with Crippen LogP contribution < -0.4 is 0 Å². The van der Waals surface area contributed by atoms with Crippen molar-refractivity contribution in [2.75, 3.05) is 0 Å². The van der Waals surface area contributed by atoms with Crippen molar-refractivity contribution in [3.63, 3.8) is 0 Å². The normalized spacial score (nSPS) is 10.6. The average molecular weight is 248 g/mol. The molecule has 0 unspecified atom stereocenters. The SMILES string of the molecule is Cc1cc(C)c(C=Nc2ccccc2C#N)c(C)c1. The lowest BCUT2D eigenvalue weighted by molar-refractivity contribution is 1.30. The van der Waals surface area contributed by atoms with Crippen LogP contribution in [0.5, 0.6) is 0 Å². The number of aryl methyl sites for hydroxylation is 3. The highest BCUT2D eigenvalue weighted by Gasteiger charge is 2.02. The van der Waals surface area contributed by atoms with Gasteiger partial charge in [-0.05, 0) is 49.6 Å². The Kier molecular flexibility index (Phi) is 3.77. The second-order valence-electron chi connectivity index (χ2n) is 4.70. The van der Waals surface area contributed by atoms with Crippen LogP contribution >= 0.6 is 0 Å². The van der Waals surface area contributed by atoms with Crippen LogP contribution in [0, 0.1) is 32.1 Å². The highest BCUT2D eigenvalue weighted by molar-refractivity contribution is 5.86. The van der Waals surface area contributed by atoms with Gasteiger partial charge in [0.05, 0.1) is 11.3 Å². The molecule has 0 bridgehead atoms. The van der Waals surface area contributed by atoms with E-state index in [0.29, 0.717) is 11.3 Å². The van der Waals surface area contributed by atoms with Crippen molar-refractivity contribution in [1.82, 2.24) is 0 Å². The predicted molar refractivity (Wildman–Crippen MR) is 79.1 cm³/mol. The first-order valence-corrected chi connectivity index (χ1v) is 6.23. The molecule has 0 atom stereocenters. The number of benzene rings is 2. The number of hydrogen-bond acceptors (Lipinski definition) is 2. The van der Waals surface area contributed by atoms with Crippen LogP contribution in [0.2, 0.25) is 0 Å². The van der Waals surface area contributed by atoms with Crippen LogP contribution in [-0.4, -0.2) is 6.21 Å². The quantitative estimate of drug-likeness (QED) is 0.732. The van der Waals surface area contributed by atoms with Crippen molar-refractivity contribution < 1.29 is 0 Å². The third kappa shape index (κ3) is 2.89. The molecule has 0 amide bonds. The topological polar surface area (TPSA) is 36.1 Å². The number of aliphatic imine (C=N–C) groups is 1. The number of hydrogen-bond donors (Lipinski definition) is 0. The van der Waals surface area contributed by atoms with Gasteiger partial charge in [0.15, 0.2) is 0 Å². The molecule has 0 heterocycles. The zero-order valence-electron chi connectivity index (χ0n) is 11.4. The van der Waals surface area contributed by atoms with Crippen LogP contribution in [0.4, 0.5) is 5.69 Å². The maximum Gasteiger partial charge on any atom is 0.101 e. The number of para-hydroxylation sites is 1. The Balaban J connectivity index is 2.42. The fraction of sp³-hybridized carbons (Fsp3) is 0.176. The lowest BCUT2D eigenvalue weighted by atomic mass is 10.0. The molecule has 0 N–H and O–H groups in total. The molecule has 19 heavy (non-hydrogen) atoms. The molecular weight excluding hydrogens is 232 g/mol. The van der Waals surface area contributed by atoms with Crippen LogP contribution in [-0.2, 0) is 0 Å². The van der Waals surface area contributed by atoms with Gasteiger partial charge in [0.2, 0.25) is 0 Å². The summed E-state index contributed by atoms with van der Waals surface area (Å²) in [5, 5.41) is 9.04. The van der Waals surface area contributed by atoms with E-state index in [1.807, 2.05) is 24.4 Å². The van der Waals surface area contributed by atoms with Gasteiger partial charge < -0.3 is 0 Å². The van der Waals surface area contributed by atoms with Crippen LogP contribution in [0.25, 0.3) is 0 Å². The van der Waals surface area contributed by atoms with Gasteiger partial charge in [-0.25, -0.2) is 0 Å². The largest absolute Gasteiger partial charge is 0.255 e. The lowest BCUT2D eigenvalue weighted by Crippen LogP contribution is -1.93. The highest BCUT2D eigenvalue weighted by Crippen LogP contribution is 2.19. The average Bonchev–Trinajstić information content (AvgIpc) is 2.38. The molecule has 0 aliphatic carbocycles. The van der Waals surface area contributed by atoms with Gasteiger partial charge in [0, 0.05) is 6.21 Å². The second kappa shape index (κ2) is 5.49. The molecule has 0 fully saturated rings. The van der Waals surface area contributed by atoms with E-state index in [4.69, 9.17) is 5.26 Å². The molecule has 2 heteroatoms. The molecule has 0 saturated heterocycles. The summed E-state index contributed by atoms with van der Waals surface area (Å²) < 4.78 is 0. The Bertz CT molecular complexity index is 653. The van der Waals surface area contributed by atoms with Gasteiger partial charge in [0.25, 0.3) is 0 Å². The Hall–Kier alpha value is -2.40. The summed E-state index contributed by atoms with van der Waals surface area (Å²) in [6.45, 7) is 6.25. The maximum atomic E-state index is 9.04. The monoisotopic (exact) mass is 248 g/mol. The van der Waals surface area contributed by atoms with Gasteiger partial charge in [-0.1, -0.05) is 29.8 Å². The summed E-state index contributed by atoms with van der Waals surface area (Å²) in [7, 11) is 0. The van der Waals surface area contributed by atoms with Crippen LogP contribution in [0.3, 0.4) is 0 Å². The first-order chi connectivity index (χ1) is 9.11. The third-order valence-corrected chi connectivity index (χ3v) is 3.10. The van der Waals surface area contributed by atoms with Crippen molar-refractivity contribution in [2.45, 2.75) is 20.8 Å². The molecule has 2 aromatic carbocycles. The summed E-state index contributed by atoms with van der Waals surface area (Å²) in [5.41, 5.74) is 6.10. The minimum atomic E-state index is 0.598. The van der Waals surface area contributed by atoms with E-state index in [2.05, 4.69) is 44.0 Å². The molecule has 94 valence electrons. The molecule has 0 saturated carbocycles. The lowest BCUT2D eigenvalue weighted by Gasteiger charge is -2.06. The minimum Gasteiger partial charge on any atom is -0.255 e. The molecular formula is C17H16N2. The first-order valence-electron chi connectivity index (χ1n) is 6.23. The van der Waals surface area contributed by atoms with E-state index in [-0.39, 0.29) is 0 Å².